The van der Waals surface area contributed by atoms with E-state index in [4.69, 9.17) is 4.74 Å². The number of para-hydroxylation sites is 1. The molecule has 0 atom stereocenters. The van der Waals surface area contributed by atoms with Crippen LogP contribution in [0.25, 0.3) is 5.69 Å². The van der Waals surface area contributed by atoms with Gasteiger partial charge in [0.1, 0.15) is 5.56 Å². The highest BCUT2D eigenvalue weighted by atomic mass is 16.6. The minimum absolute atomic E-state index is 0.0761. The van der Waals surface area contributed by atoms with Gasteiger partial charge in [-0.2, -0.15) is 5.10 Å². The van der Waals surface area contributed by atoms with Gasteiger partial charge in [0.25, 0.3) is 11.6 Å². The molecule has 1 N–H and O–H groups in total. The molecule has 3 rings (SSSR count). The van der Waals surface area contributed by atoms with Gasteiger partial charge in [-0.3, -0.25) is 14.9 Å². The van der Waals surface area contributed by atoms with Crippen LogP contribution < -0.4 is 5.32 Å². The number of carbonyl (C=O) groups excluding carboxylic acids is 2. The molecule has 3 aromatic rings. The minimum atomic E-state index is -0.638. The van der Waals surface area contributed by atoms with Gasteiger partial charge in [-0.15, -0.1) is 0 Å². The first-order valence-electron chi connectivity index (χ1n) is 8.80. The number of benzene rings is 2. The summed E-state index contributed by atoms with van der Waals surface area (Å²) < 4.78 is 6.45. The quantitative estimate of drug-likeness (QED) is 0.388. The lowest BCUT2D eigenvalue weighted by Gasteiger charge is -2.12. The van der Waals surface area contributed by atoms with Gasteiger partial charge in [0, 0.05) is 17.2 Å². The molecule has 0 spiro atoms. The van der Waals surface area contributed by atoms with E-state index in [2.05, 4.69) is 10.4 Å². The summed E-state index contributed by atoms with van der Waals surface area (Å²) in [5.41, 5.74) is 0.870. The molecular weight excluding hydrogens is 376 g/mol. The van der Waals surface area contributed by atoms with Gasteiger partial charge < -0.3 is 10.1 Å². The normalized spacial score (nSPS) is 10.4. The molecule has 0 bridgehead atoms. The summed E-state index contributed by atoms with van der Waals surface area (Å²) in [6, 6.07) is 13.2. The lowest BCUT2D eigenvalue weighted by Crippen LogP contribution is -2.19. The molecule has 1 heterocycles. The van der Waals surface area contributed by atoms with Crippen molar-refractivity contribution >= 4 is 23.4 Å². The number of hydrogen-bond acceptors (Lipinski definition) is 6. The molecule has 0 saturated carbocycles. The number of nitro benzene ring substituents is 1. The van der Waals surface area contributed by atoms with Crippen LogP contribution in [0.5, 0.6) is 0 Å². The highest BCUT2D eigenvalue weighted by molar-refractivity contribution is 6.08. The fourth-order valence-electron chi connectivity index (χ4n) is 2.83. The fraction of sp³-hybridized carbons (Fsp3) is 0.150. The van der Waals surface area contributed by atoms with E-state index in [1.165, 1.54) is 36.0 Å². The first-order chi connectivity index (χ1) is 13.9. The largest absolute Gasteiger partial charge is 0.462 e. The highest BCUT2D eigenvalue weighted by Gasteiger charge is 2.24. The zero-order chi connectivity index (χ0) is 21.0. The van der Waals surface area contributed by atoms with Gasteiger partial charge in [0.05, 0.1) is 23.4 Å². The summed E-state index contributed by atoms with van der Waals surface area (Å²) in [6.07, 6.45) is 1.31. The number of anilines is 1. The van der Waals surface area contributed by atoms with Crippen molar-refractivity contribution < 1.29 is 19.2 Å². The van der Waals surface area contributed by atoms with Crippen molar-refractivity contribution in [2.75, 3.05) is 11.9 Å². The third-order valence-electron chi connectivity index (χ3n) is 4.24. The molecule has 0 aliphatic heterocycles. The average Bonchev–Trinajstić information content (AvgIpc) is 3.12. The lowest BCUT2D eigenvalue weighted by molar-refractivity contribution is -0.385. The van der Waals surface area contributed by atoms with E-state index in [9.17, 15) is 19.7 Å². The van der Waals surface area contributed by atoms with Crippen molar-refractivity contribution in [2.24, 2.45) is 0 Å². The van der Waals surface area contributed by atoms with Crippen molar-refractivity contribution in [3.63, 3.8) is 0 Å². The monoisotopic (exact) mass is 394 g/mol. The van der Waals surface area contributed by atoms with Crippen LogP contribution in [-0.4, -0.2) is 33.2 Å². The van der Waals surface area contributed by atoms with Crippen LogP contribution >= 0.6 is 0 Å². The van der Waals surface area contributed by atoms with Gasteiger partial charge in [-0.25, -0.2) is 9.48 Å². The number of aromatic nitrogens is 2. The molecule has 0 aliphatic carbocycles. The van der Waals surface area contributed by atoms with Gasteiger partial charge in [0.2, 0.25) is 0 Å². The van der Waals surface area contributed by atoms with Crippen LogP contribution in [0.1, 0.15) is 33.2 Å². The summed E-state index contributed by atoms with van der Waals surface area (Å²) in [6.45, 7) is 3.32. The predicted octanol–water partition coefficient (Wildman–Crippen LogP) is 3.52. The Kier molecular flexibility index (Phi) is 5.68. The van der Waals surface area contributed by atoms with Crippen molar-refractivity contribution in [1.82, 2.24) is 9.78 Å². The van der Waals surface area contributed by atoms with Crippen molar-refractivity contribution in [3.05, 3.63) is 81.5 Å². The van der Waals surface area contributed by atoms with E-state index in [-0.39, 0.29) is 34.8 Å². The van der Waals surface area contributed by atoms with Crippen molar-refractivity contribution in [2.45, 2.75) is 13.8 Å². The first-order valence-corrected chi connectivity index (χ1v) is 8.80. The maximum absolute atomic E-state index is 12.9. The third kappa shape index (κ3) is 3.98. The molecule has 0 unspecified atom stereocenters. The summed E-state index contributed by atoms with van der Waals surface area (Å²) in [4.78, 5) is 35.8. The highest BCUT2D eigenvalue weighted by Crippen LogP contribution is 2.25. The Morgan fingerprint density at radius 2 is 1.86 bits per heavy atom. The molecule has 1 aromatic heterocycles. The molecule has 0 aliphatic rings. The SMILES string of the molecule is CCOC(=O)c1cnn(-c2ccccc2)c1NC(=O)c1cccc([N+](=O)[O-])c1C. The molecule has 148 valence electrons. The van der Waals surface area contributed by atoms with E-state index < -0.39 is 16.8 Å². The van der Waals surface area contributed by atoms with Crippen molar-refractivity contribution in [1.29, 1.82) is 0 Å². The topological polar surface area (TPSA) is 116 Å². The van der Waals surface area contributed by atoms with Crippen LogP contribution in [0, 0.1) is 17.0 Å². The Balaban J connectivity index is 2.05. The number of rotatable bonds is 6. The van der Waals surface area contributed by atoms with Gasteiger partial charge >= 0.3 is 5.97 Å². The second kappa shape index (κ2) is 8.34. The molecule has 29 heavy (non-hydrogen) atoms. The number of esters is 1. The summed E-state index contributed by atoms with van der Waals surface area (Å²) >= 11 is 0. The van der Waals surface area contributed by atoms with Crippen LogP contribution in [0.3, 0.4) is 0 Å². The molecule has 9 heteroatoms. The third-order valence-corrected chi connectivity index (χ3v) is 4.24. The number of carbonyl (C=O) groups is 2. The number of amides is 1. The van der Waals surface area contributed by atoms with Crippen LogP contribution in [-0.2, 0) is 4.74 Å². The maximum atomic E-state index is 12.9. The summed E-state index contributed by atoms with van der Waals surface area (Å²) in [5, 5.41) is 18.0. The zero-order valence-corrected chi connectivity index (χ0v) is 15.8. The first kappa shape index (κ1) is 19.7. The van der Waals surface area contributed by atoms with Gasteiger partial charge in [0.15, 0.2) is 5.82 Å². The Labute approximate surface area is 166 Å². The molecular formula is C20H18N4O5. The van der Waals surface area contributed by atoms with E-state index >= 15 is 0 Å². The number of ether oxygens (including phenoxy) is 1. The smallest absolute Gasteiger partial charge is 0.343 e. The summed E-state index contributed by atoms with van der Waals surface area (Å²) in [5.74, 6) is -1.12. The molecule has 1 amide bonds. The summed E-state index contributed by atoms with van der Waals surface area (Å²) in [7, 11) is 0. The maximum Gasteiger partial charge on any atom is 0.343 e. The van der Waals surface area contributed by atoms with Crippen LogP contribution in [0.2, 0.25) is 0 Å². The molecule has 0 saturated heterocycles. The Morgan fingerprint density at radius 1 is 1.14 bits per heavy atom. The van der Waals surface area contributed by atoms with E-state index in [0.717, 1.165) is 0 Å². The molecule has 9 nitrogen and oxygen atoms in total. The number of nitro groups is 1. The Bertz CT molecular complexity index is 1080. The lowest BCUT2D eigenvalue weighted by atomic mass is 10.1. The zero-order valence-electron chi connectivity index (χ0n) is 15.8. The molecule has 2 aromatic carbocycles. The second-order valence-electron chi connectivity index (χ2n) is 6.04. The van der Waals surface area contributed by atoms with Gasteiger partial charge in [-0.05, 0) is 32.0 Å². The predicted molar refractivity (Wildman–Crippen MR) is 105 cm³/mol. The number of hydrogen-bond donors (Lipinski definition) is 1. The minimum Gasteiger partial charge on any atom is -0.462 e. The Hall–Kier alpha value is -4.01. The second-order valence-corrected chi connectivity index (χ2v) is 6.04. The van der Waals surface area contributed by atoms with Crippen LogP contribution in [0.4, 0.5) is 11.5 Å². The standard InChI is InChI=1S/C20H18N4O5/c1-3-29-20(26)16-12-21-23(14-8-5-4-6-9-14)18(16)22-19(25)15-10-7-11-17(13(15)2)24(27)28/h4-12H,3H2,1-2H3,(H,22,25). The fourth-order valence-corrected chi connectivity index (χ4v) is 2.83. The average molecular weight is 394 g/mol. The van der Waals surface area contributed by atoms with Crippen LogP contribution in [0.15, 0.2) is 54.7 Å². The Morgan fingerprint density at radius 3 is 2.52 bits per heavy atom. The van der Waals surface area contributed by atoms with E-state index in [1.807, 2.05) is 6.07 Å². The van der Waals surface area contributed by atoms with E-state index in [0.29, 0.717) is 5.69 Å². The van der Waals surface area contributed by atoms with E-state index in [1.54, 1.807) is 31.2 Å². The number of nitrogens with zero attached hydrogens (tertiary/aromatic N) is 3. The number of nitrogens with one attached hydrogen (secondary N) is 1. The van der Waals surface area contributed by atoms with Gasteiger partial charge in [-0.1, -0.05) is 24.3 Å². The van der Waals surface area contributed by atoms with Crippen molar-refractivity contribution in [3.8, 4) is 5.69 Å². The molecule has 0 fully saturated rings. The molecule has 0 radical (unpaired) electrons.